The summed E-state index contributed by atoms with van der Waals surface area (Å²) in [7, 11) is 1.92. The van der Waals surface area contributed by atoms with Gasteiger partial charge in [-0.1, -0.05) is 29.1 Å². The van der Waals surface area contributed by atoms with Crippen LogP contribution in [-0.2, 0) is 13.2 Å². The summed E-state index contributed by atoms with van der Waals surface area (Å²) in [5.41, 5.74) is 0.722. The van der Waals surface area contributed by atoms with Crippen LogP contribution in [0.2, 0.25) is 0 Å². The van der Waals surface area contributed by atoms with E-state index in [0.717, 1.165) is 55.4 Å². The summed E-state index contributed by atoms with van der Waals surface area (Å²) in [4.78, 5) is 2.49. The van der Waals surface area contributed by atoms with E-state index in [0.29, 0.717) is 17.5 Å². The third-order valence-electron chi connectivity index (χ3n) is 6.64. The smallest absolute Gasteiger partial charge is 0.353 e. The van der Waals surface area contributed by atoms with E-state index in [4.69, 9.17) is 4.52 Å². The van der Waals surface area contributed by atoms with E-state index in [1.807, 2.05) is 11.6 Å². The zero-order valence-electron chi connectivity index (χ0n) is 17.7. The van der Waals surface area contributed by atoms with Crippen LogP contribution < -0.4 is 0 Å². The maximum absolute atomic E-state index is 12.8. The second-order valence-electron chi connectivity index (χ2n) is 8.71. The van der Waals surface area contributed by atoms with Gasteiger partial charge in [0.2, 0.25) is 11.6 Å². The molecule has 10 heteroatoms. The van der Waals surface area contributed by atoms with E-state index in [9.17, 15) is 13.2 Å². The Morgan fingerprint density at radius 1 is 1.19 bits per heavy atom. The summed E-state index contributed by atoms with van der Waals surface area (Å²) in [5, 5.41) is 13.0. The molecule has 3 heterocycles. The second kappa shape index (κ2) is 8.22. The fraction of sp³-hybridized carbons (Fsp3) is 0.500. The zero-order valence-corrected chi connectivity index (χ0v) is 18.5. The molecular formula is C22H24F3N5OS. The van der Waals surface area contributed by atoms with Crippen molar-refractivity contribution in [2.45, 2.75) is 36.5 Å². The predicted octanol–water partition coefficient (Wildman–Crippen LogP) is 4.85. The molecule has 0 amide bonds. The Morgan fingerprint density at radius 3 is 2.72 bits per heavy atom. The molecule has 3 aromatic rings. The van der Waals surface area contributed by atoms with Crippen molar-refractivity contribution in [1.29, 1.82) is 0 Å². The van der Waals surface area contributed by atoms with Crippen molar-refractivity contribution in [3.8, 4) is 11.6 Å². The van der Waals surface area contributed by atoms with Gasteiger partial charge in [0.15, 0.2) is 5.16 Å². The Bertz CT molecular complexity index is 1070. The fourth-order valence-corrected chi connectivity index (χ4v) is 5.62. The third-order valence-corrected chi connectivity index (χ3v) is 7.74. The van der Waals surface area contributed by atoms with Crippen LogP contribution in [0, 0.1) is 5.41 Å². The van der Waals surface area contributed by atoms with Crippen molar-refractivity contribution in [3.63, 3.8) is 0 Å². The Labute approximate surface area is 188 Å². The minimum atomic E-state index is -4.27. The lowest BCUT2D eigenvalue weighted by Crippen LogP contribution is -2.23. The van der Waals surface area contributed by atoms with Gasteiger partial charge in [-0.3, -0.25) is 0 Å². The molecule has 1 saturated heterocycles. The largest absolute Gasteiger partial charge is 0.416 e. The highest BCUT2D eigenvalue weighted by atomic mass is 32.2. The van der Waals surface area contributed by atoms with Gasteiger partial charge in [-0.05, 0) is 61.4 Å². The van der Waals surface area contributed by atoms with Crippen molar-refractivity contribution in [2.24, 2.45) is 12.5 Å². The molecule has 0 N–H and O–H groups in total. The second-order valence-corrected chi connectivity index (χ2v) is 9.77. The molecule has 0 bridgehead atoms. The molecule has 5 rings (SSSR count). The monoisotopic (exact) mass is 463 g/mol. The van der Waals surface area contributed by atoms with Gasteiger partial charge in [0.25, 0.3) is 0 Å². The number of rotatable bonds is 7. The molecular weight excluding hydrogens is 439 g/mol. The number of hydrogen-bond acceptors (Lipinski definition) is 6. The Morgan fingerprint density at radius 2 is 2.00 bits per heavy atom. The van der Waals surface area contributed by atoms with Gasteiger partial charge in [0.05, 0.1) is 11.8 Å². The van der Waals surface area contributed by atoms with Crippen LogP contribution in [-0.4, -0.2) is 50.2 Å². The number of likely N-dealkylation sites (tertiary alicyclic amines) is 1. The first-order chi connectivity index (χ1) is 15.4. The van der Waals surface area contributed by atoms with Crippen molar-refractivity contribution in [2.75, 3.05) is 25.4 Å². The summed E-state index contributed by atoms with van der Waals surface area (Å²) in [6, 6.07) is 7.51. The average molecular weight is 464 g/mol. The quantitative estimate of drug-likeness (QED) is 0.369. The van der Waals surface area contributed by atoms with Crippen molar-refractivity contribution < 1.29 is 17.7 Å². The van der Waals surface area contributed by atoms with Gasteiger partial charge in [-0.15, -0.1) is 10.2 Å². The average Bonchev–Trinajstić information content (AvgIpc) is 3.16. The molecule has 170 valence electrons. The topological polar surface area (TPSA) is 60.0 Å². The van der Waals surface area contributed by atoms with Crippen molar-refractivity contribution in [1.82, 2.24) is 24.8 Å². The first-order valence-electron chi connectivity index (χ1n) is 10.7. The maximum Gasteiger partial charge on any atom is 0.416 e. The molecule has 1 spiro atoms. The van der Waals surface area contributed by atoms with Crippen molar-refractivity contribution in [3.05, 3.63) is 47.7 Å². The standard InChI is InChI=1S/C22H24F3N5OS/c1-29-19(18-7-9-26-31-18)27-28-20(29)32-12-2-10-30-11-8-21(14-30)13-17(21)15-3-5-16(6-4-15)22(23,24)25/h3-7,9,17H,2,8,10-14H2,1H3/t17-,21?/m1/s1. The van der Waals surface area contributed by atoms with E-state index >= 15 is 0 Å². The molecule has 32 heavy (non-hydrogen) atoms. The fourth-order valence-electron chi connectivity index (χ4n) is 4.79. The van der Waals surface area contributed by atoms with Gasteiger partial charge in [-0.25, -0.2) is 0 Å². The van der Waals surface area contributed by atoms with Gasteiger partial charge >= 0.3 is 6.18 Å². The third kappa shape index (κ3) is 4.17. The number of hydrogen-bond donors (Lipinski definition) is 0. The first-order valence-corrected chi connectivity index (χ1v) is 11.7. The van der Waals surface area contributed by atoms with Crippen LogP contribution in [0.25, 0.3) is 11.6 Å². The lowest BCUT2D eigenvalue weighted by molar-refractivity contribution is -0.137. The molecule has 2 fully saturated rings. The van der Waals surface area contributed by atoms with Crippen LogP contribution >= 0.6 is 11.8 Å². The highest BCUT2D eigenvalue weighted by Gasteiger charge is 2.57. The van der Waals surface area contributed by atoms with Crippen molar-refractivity contribution >= 4 is 11.8 Å². The SMILES string of the molecule is Cn1c(SCCCN2CCC3(C[C@@H]3c3ccc(C(F)(F)F)cc3)C2)nnc1-c1ccno1. The highest BCUT2D eigenvalue weighted by Crippen LogP contribution is 2.64. The number of halogens is 3. The van der Waals surface area contributed by atoms with Gasteiger partial charge < -0.3 is 14.0 Å². The summed E-state index contributed by atoms with van der Waals surface area (Å²) in [6.07, 6.45) is 0.547. The van der Waals surface area contributed by atoms with Crippen LogP contribution in [0.3, 0.4) is 0 Å². The molecule has 0 radical (unpaired) electrons. The molecule has 1 aromatic carbocycles. The minimum absolute atomic E-state index is 0.252. The summed E-state index contributed by atoms with van der Waals surface area (Å²) >= 11 is 1.67. The summed E-state index contributed by atoms with van der Waals surface area (Å²) in [5.74, 6) is 2.59. The van der Waals surface area contributed by atoms with Gasteiger partial charge in [-0.2, -0.15) is 13.2 Å². The van der Waals surface area contributed by atoms with Crippen LogP contribution in [0.4, 0.5) is 13.2 Å². The van der Waals surface area contributed by atoms with E-state index in [-0.39, 0.29) is 5.41 Å². The molecule has 2 aromatic heterocycles. The Hall–Kier alpha value is -2.33. The first kappa shape index (κ1) is 21.5. The van der Waals surface area contributed by atoms with E-state index in [1.54, 1.807) is 36.2 Å². The molecule has 2 atom stereocenters. The molecule has 1 aliphatic heterocycles. The number of thioether (sulfide) groups is 1. The lowest BCUT2D eigenvalue weighted by atomic mass is 9.97. The molecule has 6 nitrogen and oxygen atoms in total. The molecule has 2 aliphatic rings. The predicted molar refractivity (Wildman–Crippen MR) is 114 cm³/mol. The lowest BCUT2D eigenvalue weighted by Gasteiger charge is -2.16. The minimum Gasteiger partial charge on any atom is -0.353 e. The highest BCUT2D eigenvalue weighted by molar-refractivity contribution is 7.99. The van der Waals surface area contributed by atoms with Crippen LogP contribution in [0.5, 0.6) is 0 Å². The zero-order chi connectivity index (χ0) is 22.3. The van der Waals surface area contributed by atoms with Gasteiger partial charge in [0, 0.05) is 25.4 Å². The Kier molecular flexibility index (Phi) is 5.53. The van der Waals surface area contributed by atoms with E-state index in [1.165, 1.54) is 12.1 Å². The molecule has 1 saturated carbocycles. The van der Waals surface area contributed by atoms with E-state index in [2.05, 4.69) is 20.3 Å². The summed E-state index contributed by atoms with van der Waals surface area (Å²) < 4.78 is 45.5. The van der Waals surface area contributed by atoms with Gasteiger partial charge in [0.1, 0.15) is 0 Å². The number of nitrogens with zero attached hydrogens (tertiary/aromatic N) is 5. The molecule has 1 unspecified atom stereocenters. The molecule has 1 aliphatic carbocycles. The maximum atomic E-state index is 12.8. The normalized spacial score (nSPS) is 23.3. The summed E-state index contributed by atoms with van der Waals surface area (Å²) in [6.45, 7) is 3.10. The van der Waals surface area contributed by atoms with Crippen LogP contribution in [0.15, 0.2) is 46.2 Å². The van der Waals surface area contributed by atoms with Crippen LogP contribution in [0.1, 0.15) is 36.3 Å². The number of alkyl halides is 3. The number of benzene rings is 1. The number of aromatic nitrogens is 4. The van der Waals surface area contributed by atoms with E-state index < -0.39 is 11.7 Å². The Balaban J connectivity index is 1.08.